The number of anilines is 1. The monoisotopic (exact) mass is 361 g/mol. The Morgan fingerprint density at radius 1 is 0.800 bits per heavy atom. The summed E-state index contributed by atoms with van der Waals surface area (Å²) < 4.78 is 0. The highest BCUT2D eigenvalue weighted by Crippen LogP contribution is 2.29. The molecule has 0 saturated heterocycles. The number of nitrogens with one attached hydrogen (secondary N) is 1. The molecule has 2 aromatic rings. The zero-order valence-corrected chi connectivity index (χ0v) is 19.1. The van der Waals surface area contributed by atoms with E-state index in [1.54, 1.807) is 11.3 Å². The van der Waals surface area contributed by atoms with Crippen molar-refractivity contribution in [3.63, 3.8) is 0 Å². The van der Waals surface area contributed by atoms with Crippen LogP contribution in [0.5, 0.6) is 0 Å². The predicted molar refractivity (Wildman–Crippen MR) is 121 cm³/mol. The smallest absolute Gasteiger partial charge is 0.0956 e. The zero-order valence-electron chi connectivity index (χ0n) is 18.3. The Morgan fingerprint density at radius 2 is 1.28 bits per heavy atom. The van der Waals surface area contributed by atoms with Gasteiger partial charge in [-0.1, -0.05) is 64.3 Å². The van der Waals surface area contributed by atoms with E-state index in [1.807, 2.05) is 41.5 Å². The molecule has 0 fully saturated rings. The van der Waals surface area contributed by atoms with Crippen LogP contribution in [0, 0.1) is 20.8 Å². The topological polar surface area (TPSA) is 12.0 Å². The molecule has 1 nitrogen and oxygen atoms in total. The lowest BCUT2D eigenvalue weighted by molar-refractivity contribution is 1.32. The van der Waals surface area contributed by atoms with Gasteiger partial charge in [-0.3, -0.25) is 0 Å². The molecular formula is C23H39NS. The third-order valence-corrected chi connectivity index (χ3v) is 4.04. The van der Waals surface area contributed by atoms with Crippen LogP contribution < -0.4 is 5.32 Å². The maximum atomic E-state index is 3.60. The van der Waals surface area contributed by atoms with Crippen LogP contribution in [0.15, 0.2) is 35.2 Å². The van der Waals surface area contributed by atoms with Crippen LogP contribution in [0.4, 0.5) is 5.00 Å². The van der Waals surface area contributed by atoms with E-state index in [4.69, 9.17) is 0 Å². The number of rotatable bonds is 3. The molecule has 0 atom stereocenters. The number of aryl methyl sites for hydroxylation is 3. The summed E-state index contributed by atoms with van der Waals surface area (Å²) in [6, 6.07) is 8.84. The van der Waals surface area contributed by atoms with Gasteiger partial charge in [-0.25, -0.2) is 0 Å². The van der Waals surface area contributed by atoms with E-state index < -0.39 is 0 Å². The quantitative estimate of drug-likeness (QED) is 0.577. The fourth-order valence-corrected chi connectivity index (χ4v) is 3.04. The van der Waals surface area contributed by atoms with Gasteiger partial charge >= 0.3 is 0 Å². The molecule has 2 heteroatoms. The van der Waals surface area contributed by atoms with Gasteiger partial charge in [0.05, 0.1) is 5.00 Å². The first-order valence-electron chi connectivity index (χ1n) is 9.54. The average molecular weight is 362 g/mol. The van der Waals surface area contributed by atoms with Crippen LogP contribution in [0.25, 0.3) is 5.70 Å². The van der Waals surface area contributed by atoms with Gasteiger partial charge in [-0.2, -0.15) is 0 Å². The van der Waals surface area contributed by atoms with E-state index in [0.717, 1.165) is 0 Å². The highest BCUT2D eigenvalue weighted by atomic mass is 32.1. The van der Waals surface area contributed by atoms with E-state index in [1.165, 1.54) is 38.5 Å². The minimum atomic E-state index is 1.22. The minimum absolute atomic E-state index is 1.22. The fraction of sp³-hybridized carbons (Fsp3) is 0.478. The second-order valence-electron chi connectivity index (χ2n) is 5.31. The van der Waals surface area contributed by atoms with Gasteiger partial charge in [0.15, 0.2) is 0 Å². The minimum Gasteiger partial charge on any atom is -0.347 e. The predicted octanol–water partition coefficient (Wildman–Crippen LogP) is 8.61. The standard InChI is InChI=1S/C17H21NS.3C2H6/c1-11(2)16(18-17-14(5)6-7-19-17)15-9-12(3)8-13(4)10-15;3*1-2/h6-10,18H,1-5H3;3*1-2H3. The lowest BCUT2D eigenvalue weighted by Crippen LogP contribution is -2.01. The number of hydrogen-bond acceptors (Lipinski definition) is 2. The number of allylic oxidation sites excluding steroid dienone is 1. The normalized spacial score (nSPS) is 8.60. The highest BCUT2D eigenvalue weighted by Gasteiger charge is 2.08. The Morgan fingerprint density at radius 3 is 1.64 bits per heavy atom. The molecule has 1 aromatic heterocycles. The van der Waals surface area contributed by atoms with Crippen molar-refractivity contribution in [2.24, 2.45) is 0 Å². The summed E-state index contributed by atoms with van der Waals surface area (Å²) in [5.41, 5.74) is 7.70. The molecule has 1 heterocycles. The van der Waals surface area contributed by atoms with Crippen LogP contribution in [-0.4, -0.2) is 0 Å². The molecule has 0 aliphatic heterocycles. The van der Waals surface area contributed by atoms with Crippen LogP contribution in [0.1, 0.15) is 77.6 Å². The Balaban J connectivity index is 0. The van der Waals surface area contributed by atoms with Crippen molar-refractivity contribution in [3.05, 3.63) is 57.5 Å². The van der Waals surface area contributed by atoms with Gasteiger partial charge in [0.25, 0.3) is 0 Å². The molecule has 1 N–H and O–H groups in total. The maximum Gasteiger partial charge on any atom is 0.0956 e. The zero-order chi connectivity index (χ0) is 20.0. The van der Waals surface area contributed by atoms with Gasteiger partial charge in [0.1, 0.15) is 0 Å². The first kappa shape index (κ1) is 25.7. The van der Waals surface area contributed by atoms with Gasteiger partial charge in [-0.05, 0) is 69.3 Å². The van der Waals surface area contributed by atoms with Crippen molar-refractivity contribution < 1.29 is 0 Å². The Bertz CT molecular complexity index is 597. The Hall–Kier alpha value is -1.54. The summed E-state index contributed by atoms with van der Waals surface area (Å²) in [4.78, 5) is 0. The van der Waals surface area contributed by atoms with Crippen LogP contribution >= 0.6 is 11.3 Å². The number of benzene rings is 1. The molecule has 0 spiro atoms. The molecular weight excluding hydrogens is 322 g/mol. The average Bonchev–Trinajstić information content (AvgIpc) is 3.02. The molecule has 0 aliphatic rings. The fourth-order valence-electron chi connectivity index (χ4n) is 2.22. The van der Waals surface area contributed by atoms with E-state index in [-0.39, 0.29) is 0 Å². The van der Waals surface area contributed by atoms with E-state index >= 15 is 0 Å². The van der Waals surface area contributed by atoms with Crippen molar-refractivity contribution in [1.29, 1.82) is 0 Å². The molecule has 25 heavy (non-hydrogen) atoms. The van der Waals surface area contributed by atoms with Crippen molar-refractivity contribution in [2.45, 2.75) is 76.2 Å². The maximum absolute atomic E-state index is 3.60. The van der Waals surface area contributed by atoms with Gasteiger partial charge in [0, 0.05) is 5.70 Å². The molecule has 142 valence electrons. The molecule has 0 aliphatic carbocycles. The first-order chi connectivity index (χ1) is 12.0. The van der Waals surface area contributed by atoms with Gasteiger partial charge < -0.3 is 5.32 Å². The second kappa shape index (κ2) is 14.8. The van der Waals surface area contributed by atoms with Crippen LogP contribution in [-0.2, 0) is 0 Å². The number of thiophene rings is 1. The lowest BCUT2D eigenvalue weighted by atomic mass is 10.0. The van der Waals surface area contributed by atoms with E-state index in [9.17, 15) is 0 Å². The molecule has 0 radical (unpaired) electrons. The summed E-state index contributed by atoms with van der Waals surface area (Å²) >= 11 is 1.75. The van der Waals surface area contributed by atoms with Crippen molar-refractivity contribution in [2.75, 3.05) is 5.32 Å². The van der Waals surface area contributed by atoms with E-state index in [2.05, 4.69) is 69.6 Å². The molecule has 1 aromatic carbocycles. The Kier molecular flexibility index (Phi) is 15.2. The van der Waals surface area contributed by atoms with Gasteiger partial charge in [-0.15, -0.1) is 11.3 Å². The van der Waals surface area contributed by atoms with E-state index in [0.29, 0.717) is 0 Å². The SMILES string of the molecule is CC.CC.CC.CC(C)=C(Nc1sccc1C)c1cc(C)cc(C)c1. The van der Waals surface area contributed by atoms with Gasteiger partial charge in [0.2, 0.25) is 0 Å². The second-order valence-corrected chi connectivity index (χ2v) is 6.23. The van der Waals surface area contributed by atoms with Crippen LogP contribution in [0.3, 0.4) is 0 Å². The molecule has 0 amide bonds. The third kappa shape index (κ3) is 8.92. The van der Waals surface area contributed by atoms with Crippen LogP contribution in [0.2, 0.25) is 0 Å². The summed E-state index contributed by atoms with van der Waals surface area (Å²) in [7, 11) is 0. The largest absolute Gasteiger partial charge is 0.347 e. The number of hydrogen-bond donors (Lipinski definition) is 1. The summed E-state index contributed by atoms with van der Waals surface area (Å²) in [6.45, 7) is 22.7. The summed E-state index contributed by atoms with van der Waals surface area (Å²) in [6.07, 6.45) is 0. The van der Waals surface area contributed by atoms with Crippen molar-refractivity contribution in [3.8, 4) is 0 Å². The summed E-state index contributed by atoms with van der Waals surface area (Å²) in [5, 5.41) is 6.95. The lowest BCUT2D eigenvalue weighted by Gasteiger charge is -2.14. The first-order valence-corrected chi connectivity index (χ1v) is 10.4. The molecule has 0 saturated carbocycles. The molecule has 0 bridgehead atoms. The van der Waals surface area contributed by atoms with Crippen molar-refractivity contribution in [1.82, 2.24) is 0 Å². The Labute approximate surface area is 161 Å². The highest BCUT2D eigenvalue weighted by molar-refractivity contribution is 7.14. The summed E-state index contributed by atoms with van der Waals surface area (Å²) in [5.74, 6) is 0. The molecule has 2 rings (SSSR count). The third-order valence-electron chi connectivity index (χ3n) is 3.11. The van der Waals surface area contributed by atoms with Crippen molar-refractivity contribution >= 4 is 22.0 Å². The molecule has 0 unspecified atom stereocenters.